The van der Waals surface area contributed by atoms with E-state index in [2.05, 4.69) is 10.5 Å². The van der Waals surface area contributed by atoms with E-state index in [4.69, 9.17) is 15.7 Å². The Bertz CT molecular complexity index is 443. The second-order valence-electron chi connectivity index (χ2n) is 4.28. The van der Waals surface area contributed by atoms with Crippen LogP contribution in [0.25, 0.3) is 0 Å². The third-order valence-corrected chi connectivity index (χ3v) is 2.55. The molecule has 0 aliphatic carbocycles. The Morgan fingerprint density at radius 3 is 2.63 bits per heavy atom. The Labute approximate surface area is 112 Å². The summed E-state index contributed by atoms with van der Waals surface area (Å²) in [5.41, 5.74) is 6.92. The van der Waals surface area contributed by atoms with E-state index < -0.39 is 0 Å². The zero-order valence-electron chi connectivity index (χ0n) is 11.1. The topological polar surface area (TPSA) is 96.9 Å². The van der Waals surface area contributed by atoms with Gasteiger partial charge in [0.1, 0.15) is 0 Å². The number of rotatable bonds is 6. The minimum atomic E-state index is -0.0684. The van der Waals surface area contributed by atoms with Crippen molar-refractivity contribution in [1.29, 1.82) is 0 Å². The second-order valence-corrected chi connectivity index (χ2v) is 4.28. The lowest BCUT2D eigenvalue weighted by Gasteiger charge is -2.12. The van der Waals surface area contributed by atoms with Crippen molar-refractivity contribution < 1.29 is 14.7 Å². The molecule has 1 unspecified atom stereocenters. The van der Waals surface area contributed by atoms with E-state index in [1.54, 1.807) is 31.4 Å². The summed E-state index contributed by atoms with van der Waals surface area (Å²) >= 11 is 0. The fraction of sp³-hybridized carbons (Fsp3) is 0.385. The SMILES string of the molecule is COCC(C)NC(=O)Cc1ccc(C(N)=NO)cc1. The molecule has 6 heteroatoms. The molecule has 1 rings (SSSR count). The molecule has 0 saturated carbocycles. The average molecular weight is 265 g/mol. The van der Waals surface area contributed by atoms with Crippen molar-refractivity contribution >= 4 is 11.7 Å². The molecule has 4 N–H and O–H groups in total. The number of hydrogen-bond donors (Lipinski definition) is 3. The number of methoxy groups -OCH3 is 1. The summed E-state index contributed by atoms with van der Waals surface area (Å²) in [5.74, 6) is -0.0224. The molecule has 0 aliphatic rings. The first-order valence-electron chi connectivity index (χ1n) is 5.92. The number of carbonyl (C=O) groups is 1. The number of hydrogen-bond acceptors (Lipinski definition) is 4. The number of benzene rings is 1. The number of amides is 1. The highest BCUT2D eigenvalue weighted by atomic mass is 16.5. The van der Waals surface area contributed by atoms with E-state index in [1.807, 2.05) is 6.92 Å². The number of oxime groups is 1. The zero-order valence-corrected chi connectivity index (χ0v) is 11.1. The molecule has 104 valence electrons. The quantitative estimate of drug-likeness (QED) is 0.301. The molecule has 1 atom stereocenters. The fourth-order valence-electron chi connectivity index (χ4n) is 1.65. The molecule has 1 aromatic carbocycles. The van der Waals surface area contributed by atoms with Gasteiger partial charge in [0, 0.05) is 18.7 Å². The maximum absolute atomic E-state index is 11.7. The first kappa shape index (κ1) is 15.0. The van der Waals surface area contributed by atoms with Crippen molar-refractivity contribution in [1.82, 2.24) is 5.32 Å². The van der Waals surface area contributed by atoms with Gasteiger partial charge in [-0.25, -0.2) is 0 Å². The van der Waals surface area contributed by atoms with Crippen LogP contribution >= 0.6 is 0 Å². The summed E-state index contributed by atoms with van der Waals surface area (Å²) < 4.78 is 4.94. The van der Waals surface area contributed by atoms with Gasteiger partial charge in [0.2, 0.25) is 5.91 Å². The molecule has 0 radical (unpaired) electrons. The summed E-state index contributed by atoms with van der Waals surface area (Å²) in [6, 6.07) is 6.93. The molecular formula is C13H19N3O3. The van der Waals surface area contributed by atoms with Crippen molar-refractivity contribution in [3.8, 4) is 0 Å². The third kappa shape index (κ3) is 4.97. The molecular weight excluding hydrogens is 246 g/mol. The van der Waals surface area contributed by atoms with Gasteiger partial charge < -0.3 is 21.0 Å². The number of ether oxygens (including phenoxy) is 1. The minimum Gasteiger partial charge on any atom is -0.409 e. The lowest BCUT2D eigenvalue weighted by molar-refractivity contribution is -0.121. The summed E-state index contributed by atoms with van der Waals surface area (Å²) in [4.78, 5) is 11.7. The van der Waals surface area contributed by atoms with E-state index in [9.17, 15) is 4.79 Å². The van der Waals surface area contributed by atoms with Gasteiger partial charge in [-0.3, -0.25) is 4.79 Å². The maximum atomic E-state index is 11.7. The van der Waals surface area contributed by atoms with Crippen LogP contribution in [0.2, 0.25) is 0 Å². The van der Waals surface area contributed by atoms with E-state index >= 15 is 0 Å². The third-order valence-electron chi connectivity index (χ3n) is 2.55. The van der Waals surface area contributed by atoms with Crippen LogP contribution in [0.1, 0.15) is 18.1 Å². The van der Waals surface area contributed by atoms with Crippen molar-refractivity contribution in [3.05, 3.63) is 35.4 Å². The molecule has 0 bridgehead atoms. The summed E-state index contributed by atoms with van der Waals surface area (Å²) in [5, 5.41) is 14.3. The van der Waals surface area contributed by atoms with Crippen molar-refractivity contribution in [2.24, 2.45) is 10.9 Å². The Morgan fingerprint density at radius 1 is 1.47 bits per heavy atom. The molecule has 0 aliphatic heterocycles. The average Bonchev–Trinajstić information content (AvgIpc) is 2.38. The van der Waals surface area contributed by atoms with E-state index in [0.717, 1.165) is 5.56 Å². The molecule has 0 fully saturated rings. The van der Waals surface area contributed by atoms with Crippen LogP contribution in [0.15, 0.2) is 29.4 Å². The van der Waals surface area contributed by atoms with Crippen molar-refractivity contribution in [2.75, 3.05) is 13.7 Å². The van der Waals surface area contributed by atoms with Crippen molar-refractivity contribution in [2.45, 2.75) is 19.4 Å². The number of amidine groups is 1. The molecule has 0 spiro atoms. The second kappa shape index (κ2) is 7.38. The first-order valence-corrected chi connectivity index (χ1v) is 5.92. The molecule has 0 aromatic heterocycles. The van der Waals surface area contributed by atoms with Crippen molar-refractivity contribution in [3.63, 3.8) is 0 Å². The number of nitrogens with two attached hydrogens (primary N) is 1. The Kier molecular flexibility index (Phi) is 5.81. The van der Waals surface area contributed by atoms with Gasteiger partial charge in [-0.15, -0.1) is 0 Å². The van der Waals surface area contributed by atoms with E-state index in [-0.39, 0.29) is 24.2 Å². The Hall–Kier alpha value is -2.08. The zero-order chi connectivity index (χ0) is 14.3. The highest BCUT2D eigenvalue weighted by molar-refractivity contribution is 5.97. The number of nitrogens with one attached hydrogen (secondary N) is 1. The van der Waals surface area contributed by atoms with E-state index in [0.29, 0.717) is 12.2 Å². The van der Waals surface area contributed by atoms with Crippen LogP contribution < -0.4 is 11.1 Å². The van der Waals surface area contributed by atoms with Crippen LogP contribution in [0, 0.1) is 0 Å². The van der Waals surface area contributed by atoms with Gasteiger partial charge in [0.15, 0.2) is 5.84 Å². The summed E-state index contributed by atoms with van der Waals surface area (Å²) in [6.45, 7) is 2.36. The van der Waals surface area contributed by atoms with Gasteiger partial charge >= 0.3 is 0 Å². The van der Waals surface area contributed by atoms with Crippen LogP contribution in [0.3, 0.4) is 0 Å². The summed E-state index contributed by atoms with van der Waals surface area (Å²) in [7, 11) is 1.59. The Morgan fingerprint density at radius 2 is 2.11 bits per heavy atom. The molecule has 19 heavy (non-hydrogen) atoms. The lowest BCUT2D eigenvalue weighted by atomic mass is 10.1. The number of nitrogens with zero attached hydrogens (tertiary/aromatic N) is 1. The molecule has 1 amide bonds. The molecule has 6 nitrogen and oxygen atoms in total. The van der Waals surface area contributed by atoms with Crippen LogP contribution in [-0.4, -0.2) is 36.7 Å². The van der Waals surface area contributed by atoms with Gasteiger partial charge in [-0.05, 0) is 12.5 Å². The van der Waals surface area contributed by atoms with E-state index in [1.165, 1.54) is 0 Å². The predicted molar refractivity (Wildman–Crippen MR) is 72.1 cm³/mol. The fourth-order valence-corrected chi connectivity index (χ4v) is 1.65. The Balaban J connectivity index is 2.56. The minimum absolute atomic E-state index is 0.0195. The number of carbonyl (C=O) groups excluding carboxylic acids is 1. The highest BCUT2D eigenvalue weighted by Gasteiger charge is 2.08. The monoisotopic (exact) mass is 265 g/mol. The normalized spacial score (nSPS) is 13.1. The first-order chi connectivity index (χ1) is 9.06. The van der Waals surface area contributed by atoms with Crippen LogP contribution in [0.4, 0.5) is 0 Å². The maximum Gasteiger partial charge on any atom is 0.224 e. The molecule has 0 saturated heterocycles. The highest BCUT2D eigenvalue weighted by Crippen LogP contribution is 2.05. The largest absolute Gasteiger partial charge is 0.409 e. The van der Waals surface area contributed by atoms with Crippen LogP contribution in [-0.2, 0) is 16.0 Å². The van der Waals surface area contributed by atoms with Gasteiger partial charge in [0.05, 0.1) is 13.0 Å². The standard InChI is InChI=1S/C13H19N3O3/c1-9(8-19-2)15-12(17)7-10-3-5-11(6-4-10)13(14)16-18/h3-6,9,18H,7-8H2,1-2H3,(H2,14,16)(H,15,17). The van der Waals surface area contributed by atoms with Crippen LogP contribution in [0.5, 0.6) is 0 Å². The predicted octanol–water partition coefficient (Wildman–Crippen LogP) is 0.475. The smallest absolute Gasteiger partial charge is 0.224 e. The van der Waals surface area contributed by atoms with Gasteiger partial charge in [-0.2, -0.15) is 0 Å². The molecule has 0 heterocycles. The van der Waals surface area contributed by atoms with Gasteiger partial charge in [-0.1, -0.05) is 29.4 Å². The lowest BCUT2D eigenvalue weighted by Crippen LogP contribution is -2.36. The summed E-state index contributed by atoms with van der Waals surface area (Å²) in [6.07, 6.45) is 0.282. The van der Waals surface area contributed by atoms with Gasteiger partial charge in [0.25, 0.3) is 0 Å². The molecule has 1 aromatic rings.